The molecule has 0 aliphatic carbocycles. The first kappa shape index (κ1) is 7.00. The molecule has 0 amide bonds. The van der Waals surface area contributed by atoms with Crippen molar-refractivity contribution in [2.45, 2.75) is 24.4 Å². The topological polar surface area (TPSA) is 55.1 Å². The summed E-state index contributed by atoms with van der Waals surface area (Å²) < 4.78 is 21.3. The van der Waals surface area contributed by atoms with Crippen molar-refractivity contribution in [3.8, 4) is 0 Å². The highest BCUT2D eigenvalue weighted by atomic mass is 32.2. The third-order valence-electron chi connectivity index (χ3n) is 1.86. The molecule has 4 nitrogen and oxygen atoms in total. The molecule has 1 N–H and O–H groups in total. The molecule has 1 atom stereocenters. The Kier molecular flexibility index (Phi) is 1.54. The van der Waals surface area contributed by atoms with Crippen LogP contribution in [0, 0.1) is 0 Å². The summed E-state index contributed by atoms with van der Waals surface area (Å²) in [5.74, 6) is 0.933. The lowest BCUT2D eigenvalue weighted by Gasteiger charge is -1.97. The van der Waals surface area contributed by atoms with Gasteiger partial charge in [0.2, 0.25) is 11.1 Å². The van der Waals surface area contributed by atoms with Crippen LogP contribution in [0.25, 0.3) is 0 Å². The summed E-state index contributed by atoms with van der Waals surface area (Å²) in [5.41, 5.74) is 0. The van der Waals surface area contributed by atoms with Gasteiger partial charge in [0.25, 0.3) is 0 Å². The van der Waals surface area contributed by atoms with Crippen LogP contribution in [-0.2, 0) is 24.0 Å². The Morgan fingerprint density at radius 1 is 1.73 bits per heavy atom. The minimum Gasteiger partial charge on any atom is -0.319 e. The van der Waals surface area contributed by atoms with Gasteiger partial charge < -0.3 is 9.12 Å². The van der Waals surface area contributed by atoms with Crippen molar-refractivity contribution in [1.82, 2.24) is 9.55 Å². The van der Waals surface area contributed by atoms with Gasteiger partial charge in [0.1, 0.15) is 5.82 Å². The van der Waals surface area contributed by atoms with E-state index in [0.29, 0.717) is 5.03 Å². The first-order chi connectivity index (χ1) is 5.29. The quantitative estimate of drug-likeness (QED) is 0.624. The van der Waals surface area contributed by atoms with E-state index in [2.05, 4.69) is 4.98 Å². The van der Waals surface area contributed by atoms with E-state index >= 15 is 0 Å². The lowest BCUT2D eigenvalue weighted by Crippen LogP contribution is -2.00. The number of nitrogens with zero attached hydrogens (tertiary/aromatic N) is 2. The molecular weight excluding hydrogens is 164 g/mol. The number of aryl methyl sites for hydroxylation is 1. The van der Waals surface area contributed by atoms with Crippen molar-refractivity contribution in [2.24, 2.45) is 0 Å². The van der Waals surface area contributed by atoms with Gasteiger partial charge >= 0.3 is 0 Å². The molecule has 0 saturated heterocycles. The van der Waals surface area contributed by atoms with Gasteiger partial charge in [-0.25, -0.2) is 9.19 Å². The fourth-order valence-electron chi connectivity index (χ4n) is 1.37. The molecule has 0 bridgehead atoms. The molecule has 1 aromatic rings. The molecule has 0 spiro atoms. The third-order valence-corrected chi connectivity index (χ3v) is 2.55. The smallest absolute Gasteiger partial charge is 0.205 e. The second-order valence-electron chi connectivity index (χ2n) is 2.52. The highest BCUT2D eigenvalue weighted by Crippen LogP contribution is 2.17. The van der Waals surface area contributed by atoms with Crippen LogP contribution in [0.2, 0.25) is 0 Å². The van der Waals surface area contributed by atoms with Gasteiger partial charge in [-0.1, -0.05) is 0 Å². The summed E-state index contributed by atoms with van der Waals surface area (Å²) in [6, 6.07) is 0. The molecule has 0 radical (unpaired) electrons. The van der Waals surface area contributed by atoms with Gasteiger partial charge in [-0.2, -0.15) is 0 Å². The second kappa shape index (κ2) is 2.42. The van der Waals surface area contributed by atoms with E-state index < -0.39 is 11.1 Å². The molecule has 1 aliphatic heterocycles. The molecule has 2 heterocycles. The zero-order valence-electron chi connectivity index (χ0n) is 5.86. The predicted molar refractivity (Wildman–Crippen MR) is 39.6 cm³/mol. The maximum Gasteiger partial charge on any atom is 0.205 e. The summed E-state index contributed by atoms with van der Waals surface area (Å²) >= 11 is -1.88. The number of hydrogen-bond acceptors (Lipinski definition) is 2. The van der Waals surface area contributed by atoms with Gasteiger partial charge in [0.05, 0.1) is 6.20 Å². The Labute approximate surface area is 66.5 Å². The minimum absolute atomic E-state index is 0.428. The third kappa shape index (κ3) is 1.00. The zero-order chi connectivity index (χ0) is 7.84. The molecule has 1 aromatic heterocycles. The first-order valence-corrected chi connectivity index (χ1v) is 4.55. The van der Waals surface area contributed by atoms with Gasteiger partial charge in [0, 0.05) is 13.0 Å². The Morgan fingerprint density at radius 3 is 3.27 bits per heavy atom. The first-order valence-electron chi connectivity index (χ1n) is 3.44. The summed E-state index contributed by atoms with van der Waals surface area (Å²) in [7, 11) is 0. The van der Waals surface area contributed by atoms with Crippen LogP contribution < -0.4 is 0 Å². The Bertz CT molecular complexity index is 308. The largest absolute Gasteiger partial charge is 0.319 e. The molecule has 5 heteroatoms. The van der Waals surface area contributed by atoms with Crippen LogP contribution in [0.3, 0.4) is 0 Å². The summed E-state index contributed by atoms with van der Waals surface area (Å²) in [5, 5.41) is 0.428. The number of fused-ring (bicyclic) bond motifs is 1. The van der Waals surface area contributed by atoms with E-state index in [-0.39, 0.29) is 0 Å². The Balaban J connectivity index is 2.50. The maximum atomic E-state index is 10.7. The van der Waals surface area contributed by atoms with Crippen molar-refractivity contribution in [1.29, 1.82) is 0 Å². The van der Waals surface area contributed by atoms with Gasteiger partial charge in [0.15, 0.2) is 5.03 Å². The molecule has 1 aliphatic rings. The lowest BCUT2D eigenvalue weighted by atomic mass is 10.4. The summed E-state index contributed by atoms with van der Waals surface area (Å²) in [6.45, 7) is 0.830. The van der Waals surface area contributed by atoms with Crippen molar-refractivity contribution >= 4 is 11.1 Å². The maximum absolute atomic E-state index is 10.7. The fraction of sp³-hybridized carbons (Fsp3) is 0.500. The lowest BCUT2D eigenvalue weighted by molar-refractivity contribution is 0.548. The standard InChI is InChI=1S/C6H8N2O2S/c9-11(10)6-4-7-5-2-1-3-8(5)6/h4H,1-3H2,(H,9,10). The summed E-state index contributed by atoms with van der Waals surface area (Å²) in [6.07, 6.45) is 3.44. The SMILES string of the molecule is O=S(O)c1cnc2n1CCC2. The Morgan fingerprint density at radius 2 is 2.55 bits per heavy atom. The van der Waals surface area contributed by atoms with Crippen LogP contribution in [0.4, 0.5) is 0 Å². The molecule has 2 rings (SSSR count). The van der Waals surface area contributed by atoms with Crippen molar-refractivity contribution < 1.29 is 8.76 Å². The fourth-order valence-corrected chi connectivity index (χ4v) is 1.90. The molecule has 60 valence electrons. The highest BCUT2D eigenvalue weighted by molar-refractivity contribution is 7.79. The number of aromatic nitrogens is 2. The number of hydrogen-bond donors (Lipinski definition) is 1. The second-order valence-corrected chi connectivity index (χ2v) is 3.43. The average molecular weight is 172 g/mol. The minimum atomic E-state index is -1.88. The van der Waals surface area contributed by atoms with Crippen LogP contribution >= 0.6 is 0 Å². The van der Waals surface area contributed by atoms with Crippen LogP contribution in [0.1, 0.15) is 12.2 Å². The normalized spacial score (nSPS) is 18.3. The summed E-state index contributed by atoms with van der Waals surface area (Å²) in [4.78, 5) is 4.03. The highest BCUT2D eigenvalue weighted by Gasteiger charge is 2.17. The van der Waals surface area contributed by atoms with E-state index in [1.54, 1.807) is 0 Å². The molecule has 0 fully saturated rings. The van der Waals surface area contributed by atoms with E-state index in [9.17, 15) is 4.21 Å². The van der Waals surface area contributed by atoms with Crippen molar-refractivity contribution in [3.63, 3.8) is 0 Å². The monoisotopic (exact) mass is 172 g/mol. The van der Waals surface area contributed by atoms with Gasteiger partial charge in [-0.3, -0.25) is 0 Å². The van der Waals surface area contributed by atoms with E-state index in [0.717, 1.165) is 25.2 Å². The van der Waals surface area contributed by atoms with Crippen molar-refractivity contribution in [2.75, 3.05) is 0 Å². The van der Waals surface area contributed by atoms with E-state index in [1.807, 2.05) is 4.57 Å². The number of imidazole rings is 1. The number of rotatable bonds is 1. The van der Waals surface area contributed by atoms with Crippen molar-refractivity contribution in [3.05, 3.63) is 12.0 Å². The molecule has 1 unspecified atom stereocenters. The molecular formula is C6H8N2O2S. The van der Waals surface area contributed by atoms with Crippen LogP contribution in [0.15, 0.2) is 11.2 Å². The van der Waals surface area contributed by atoms with Gasteiger partial charge in [-0.15, -0.1) is 0 Å². The molecule has 11 heavy (non-hydrogen) atoms. The van der Waals surface area contributed by atoms with Crippen LogP contribution in [0.5, 0.6) is 0 Å². The van der Waals surface area contributed by atoms with Crippen LogP contribution in [-0.4, -0.2) is 18.3 Å². The van der Waals surface area contributed by atoms with E-state index in [1.165, 1.54) is 6.20 Å². The molecule has 0 saturated carbocycles. The van der Waals surface area contributed by atoms with E-state index in [4.69, 9.17) is 4.55 Å². The predicted octanol–water partition coefficient (Wildman–Crippen LogP) is 0.410. The molecule has 0 aromatic carbocycles. The Hall–Kier alpha value is -0.680. The zero-order valence-corrected chi connectivity index (χ0v) is 6.67. The average Bonchev–Trinajstić information content (AvgIpc) is 2.41. The van der Waals surface area contributed by atoms with Gasteiger partial charge in [-0.05, 0) is 6.42 Å².